The van der Waals surface area contributed by atoms with E-state index in [0.29, 0.717) is 12.0 Å². The van der Waals surface area contributed by atoms with Crippen molar-refractivity contribution >= 4 is 25.5 Å². The molecule has 0 aliphatic heterocycles. The third-order valence-corrected chi connectivity index (χ3v) is 8.14. The molecule has 0 radical (unpaired) electrons. The summed E-state index contributed by atoms with van der Waals surface area (Å²) >= 11 is 0. The summed E-state index contributed by atoms with van der Waals surface area (Å²) in [6.07, 6.45) is 0.461. The van der Waals surface area contributed by atoms with E-state index in [1.807, 2.05) is 38.1 Å². The van der Waals surface area contributed by atoms with Gasteiger partial charge in [0.25, 0.3) is 0 Å². The van der Waals surface area contributed by atoms with Crippen LogP contribution in [0.3, 0.4) is 0 Å². The topological polar surface area (TPSA) is 83.6 Å². The van der Waals surface area contributed by atoms with E-state index in [-0.39, 0.29) is 17.2 Å². The van der Waals surface area contributed by atoms with Crippen LogP contribution < -0.4 is 9.62 Å². The molecule has 28 heavy (non-hydrogen) atoms. The van der Waals surface area contributed by atoms with Gasteiger partial charge in [0.1, 0.15) is 5.25 Å². The van der Waals surface area contributed by atoms with Crippen molar-refractivity contribution in [2.24, 2.45) is 0 Å². The molecule has 0 aliphatic carbocycles. The van der Waals surface area contributed by atoms with Crippen molar-refractivity contribution in [2.75, 3.05) is 31.3 Å². The van der Waals surface area contributed by atoms with Crippen molar-refractivity contribution < 1.29 is 16.8 Å². The Kier molecular flexibility index (Phi) is 7.25. The van der Waals surface area contributed by atoms with E-state index in [1.165, 1.54) is 0 Å². The first kappa shape index (κ1) is 22.4. The molecule has 2 aromatic carbocycles. The first-order valence-corrected chi connectivity index (χ1v) is 12.3. The maximum Gasteiger partial charge on any atom is 0.211 e. The summed E-state index contributed by atoms with van der Waals surface area (Å²) in [6.45, 7) is 3.44. The number of nitrogens with one attached hydrogen (secondary N) is 1. The zero-order valence-corrected chi connectivity index (χ0v) is 18.3. The van der Waals surface area contributed by atoms with Gasteiger partial charge in [-0.05, 0) is 43.2 Å². The molecule has 8 heteroatoms. The van der Waals surface area contributed by atoms with E-state index in [4.69, 9.17) is 0 Å². The van der Waals surface area contributed by atoms with Gasteiger partial charge in [-0.25, -0.2) is 21.6 Å². The van der Waals surface area contributed by atoms with Gasteiger partial charge in [-0.2, -0.15) is 0 Å². The van der Waals surface area contributed by atoms with E-state index in [9.17, 15) is 16.8 Å². The highest BCUT2D eigenvalue weighted by Gasteiger charge is 2.30. The Morgan fingerprint density at radius 2 is 1.50 bits per heavy atom. The number of hydrogen-bond donors (Lipinski definition) is 1. The largest absolute Gasteiger partial charge is 0.378 e. The molecule has 1 N–H and O–H groups in total. The Balaban J connectivity index is 2.44. The number of sulfone groups is 1. The zero-order valence-electron chi connectivity index (χ0n) is 16.7. The van der Waals surface area contributed by atoms with Crippen molar-refractivity contribution in [2.45, 2.75) is 30.4 Å². The lowest BCUT2D eigenvalue weighted by Gasteiger charge is -2.20. The smallest absolute Gasteiger partial charge is 0.211 e. The maximum absolute atomic E-state index is 13.3. The van der Waals surface area contributed by atoms with Crippen LogP contribution >= 0.6 is 0 Å². The van der Waals surface area contributed by atoms with Crippen molar-refractivity contribution in [3.05, 3.63) is 59.7 Å². The highest BCUT2D eigenvalue weighted by molar-refractivity contribution is 7.92. The molecule has 0 spiro atoms. The monoisotopic (exact) mass is 424 g/mol. The molecule has 1 atom stereocenters. The molecule has 0 unspecified atom stereocenters. The quantitative estimate of drug-likeness (QED) is 0.669. The summed E-state index contributed by atoms with van der Waals surface area (Å²) in [4.78, 5) is 2.09. The van der Waals surface area contributed by atoms with Gasteiger partial charge in [0.15, 0.2) is 9.84 Å². The highest BCUT2D eigenvalue weighted by atomic mass is 32.2. The Morgan fingerprint density at radius 3 is 2.00 bits per heavy atom. The van der Waals surface area contributed by atoms with Crippen molar-refractivity contribution in [3.8, 4) is 0 Å². The summed E-state index contributed by atoms with van der Waals surface area (Å²) in [6, 6.07) is 13.7. The van der Waals surface area contributed by atoms with E-state index >= 15 is 0 Å². The van der Waals surface area contributed by atoms with Gasteiger partial charge in [0.2, 0.25) is 10.0 Å². The van der Waals surface area contributed by atoms with E-state index < -0.39 is 25.1 Å². The lowest BCUT2D eigenvalue weighted by atomic mass is 10.1. The van der Waals surface area contributed by atoms with Crippen LogP contribution in [-0.4, -0.2) is 43.2 Å². The summed E-state index contributed by atoms with van der Waals surface area (Å²) < 4.78 is 53.3. The molecule has 0 amide bonds. The summed E-state index contributed by atoms with van der Waals surface area (Å²) in [5.74, 6) is -0.0378. The van der Waals surface area contributed by atoms with Gasteiger partial charge in [0.05, 0.1) is 10.6 Å². The van der Waals surface area contributed by atoms with Crippen molar-refractivity contribution in [1.29, 1.82) is 0 Å². The Bertz CT molecular complexity index is 982. The number of anilines is 1. The molecule has 6 nitrogen and oxygen atoms in total. The normalized spacial score (nSPS) is 13.3. The second-order valence-corrected chi connectivity index (χ2v) is 11.1. The Morgan fingerprint density at radius 1 is 0.929 bits per heavy atom. The highest BCUT2D eigenvalue weighted by Crippen LogP contribution is 2.30. The van der Waals surface area contributed by atoms with E-state index in [0.717, 1.165) is 11.3 Å². The van der Waals surface area contributed by atoms with Gasteiger partial charge in [0, 0.05) is 26.3 Å². The number of rotatable bonds is 9. The molecule has 0 bridgehead atoms. The second kappa shape index (κ2) is 9.07. The van der Waals surface area contributed by atoms with Crippen molar-refractivity contribution in [3.63, 3.8) is 0 Å². The molecular formula is C20H28N2O4S2. The first-order chi connectivity index (χ1) is 13.1. The predicted octanol–water partition coefficient (Wildman–Crippen LogP) is 2.91. The van der Waals surface area contributed by atoms with E-state index in [1.54, 1.807) is 43.3 Å². The van der Waals surface area contributed by atoms with Crippen molar-refractivity contribution in [1.82, 2.24) is 4.72 Å². The zero-order chi connectivity index (χ0) is 20.9. The molecule has 0 saturated carbocycles. The van der Waals surface area contributed by atoms with Crippen LogP contribution in [0.5, 0.6) is 0 Å². The molecule has 0 heterocycles. The standard InChI is InChI=1S/C20H28N2O4S2/c1-5-14-27(23,24)21-15-20(17-8-10-18(11-9-17)22(3)4)28(25,26)19-12-6-16(2)7-13-19/h6-13,20-21H,5,14-15H2,1-4H3/t20-/m1/s1. The van der Waals surface area contributed by atoms with Crippen LogP contribution in [0.15, 0.2) is 53.4 Å². The van der Waals surface area contributed by atoms with E-state index in [2.05, 4.69) is 4.72 Å². The number of benzene rings is 2. The fourth-order valence-electron chi connectivity index (χ4n) is 2.83. The SMILES string of the molecule is CCCS(=O)(=O)NC[C@H](c1ccc(N(C)C)cc1)S(=O)(=O)c1ccc(C)cc1. The lowest BCUT2D eigenvalue weighted by Crippen LogP contribution is -2.33. The first-order valence-electron chi connectivity index (χ1n) is 9.12. The molecule has 0 aromatic heterocycles. The van der Waals surface area contributed by atoms with Crippen LogP contribution in [0.1, 0.15) is 29.7 Å². The van der Waals surface area contributed by atoms with Gasteiger partial charge >= 0.3 is 0 Å². The van der Waals surface area contributed by atoms with Gasteiger partial charge in [-0.15, -0.1) is 0 Å². The van der Waals surface area contributed by atoms with Gasteiger partial charge in [-0.3, -0.25) is 0 Å². The molecule has 2 rings (SSSR count). The number of nitrogens with zero attached hydrogens (tertiary/aromatic N) is 1. The molecule has 0 saturated heterocycles. The maximum atomic E-state index is 13.3. The average molecular weight is 425 g/mol. The molecule has 0 aliphatic rings. The fourth-order valence-corrected chi connectivity index (χ4v) is 5.70. The van der Waals surface area contributed by atoms with Crippen LogP contribution in [-0.2, 0) is 19.9 Å². The lowest BCUT2D eigenvalue weighted by molar-refractivity contribution is 0.568. The fraction of sp³-hybridized carbons (Fsp3) is 0.400. The minimum absolute atomic E-state index is 0.0378. The molecule has 154 valence electrons. The minimum Gasteiger partial charge on any atom is -0.378 e. The third kappa shape index (κ3) is 5.56. The van der Waals surface area contributed by atoms with Gasteiger partial charge in [-0.1, -0.05) is 36.8 Å². The van der Waals surface area contributed by atoms with Crippen LogP contribution in [0.4, 0.5) is 5.69 Å². The molecule has 0 fully saturated rings. The van der Waals surface area contributed by atoms with Crippen LogP contribution in [0, 0.1) is 6.92 Å². The second-order valence-electron chi connectivity index (χ2n) is 7.00. The number of hydrogen-bond acceptors (Lipinski definition) is 5. The molecule has 2 aromatic rings. The summed E-state index contributed by atoms with van der Waals surface area (Å²) in [7, 11) is -3.52. The summed E-state index contributed by atoms with van der Waals surface area (Å²) in [5, 5.41) is -1.02. The third-order valence-electron chi connectivity index (χ3n) is 4.47. The minimum atomic E-state index is -3.78. The number of aryl methyl sites for hydroxylation is 1. The summed E-state index contributed by atoms with van der Waals surface area (Å²) in [5.41, 5.74) is 2.43. The average Bonchev–Trinajstić information content (AvgIpc) is 2.62. The molecular weight excluding hydrogens is 396 g/mol. The predicted molar refractivity (Wildman–Crippen MR) is 114 cm³/mol. The Labute approximate surface area is 168 Å². The van der Waals surface area contributed by atoms with Crippen LogP contribution in [0.25, 0.3) is 0 Å². The van der Waals surface area contributed by atoms with Gasteiger partial charge < -0.3 is 4.90 Å². The Hall–Kier alpha value is -1.90. The number of sulfonamides is 1. The van der Waals surface area contributed by atoms with Crippen LogP contribution in [0.2, 0.25) is 0 Å².